The molecule has 1 saturated heterocycles. The summed E-state index contributed by atoms with van der Waals surface area (Å²) in [4.78, 5) is 23.2. The number of rotatable bonds is 4. The molecule has 1 atom stereocenters. The Bertz CT molecular complexity index is 421. The standard InChI is InChI=1S/C12H17N3O3/c1-4-18-12(17)8(6-13)10-14-9(5-7(2)3)11(16)15-10/h7,9,14H,4-5H2,1-3H3,(H,15,16)/b10-8+. The predicted molar refractivity (Wildman–Crippen MR) is 63.8 cm³/mol. The predicted octanol–water partition coefficient (Wildman–Crippen LogP) is 0.419. The van der Waals surface area contributed by atoms with E-state index in [4.69, 9.17) is 10.00 Å². The molecule has 1 aliphatic rings. The van der Waals surface area contributed by atoms with E-state index in [0.717, 1.165) is 0 Å². The Morgan fingerprint density at radius 3 is 2.72 bits per heavy atom. The van der Waals surface area contributed by atoms with Gasteiger partial charge in [0, 0.05) is 0 Å². The molecule has 0 aliphatic carbocycles. The molecule has 18 heavy (non-hydrogen) atoms. The summed E-state index contributed by atoms with van der Waals surface area (Å²) in [5, 5.41) is 14.3. The third-order valence-corrected chi connectivity index (χ3v) is 2.43. The van der Waals surface area contributed by atoms with Gasteiger partial charge in [0.25, 0.3) is 0 Å². The number of carbonyl (C=O) groups excluding carboxylic acids is 2. The van der Waals surface area contributed by atoms with E-state index in [1.54, 1.807) is 13.0 Å². The smallest absolute Gasteiger partial charge is 0.352 e. The van der Waals surface area contributed by atoms with E-state index in [9.17, 15) is 9.59 Å². The molecule has 0 spiro atoms. The van der Waals surface area contributed by atoms with Gasteiger partial charge in [0.15, 0.2) is 5.57 Å². The molecule has 1 rings (SSSR count). The van der Waals surface area contributed by atoms with E-state index in [1.807, 2.05) is 13.8 Å². The Labute approximate surface area is 106 Å². The van der Waals surface area contributed by atoms with E-state index >= 15 is 0 Å². The lowest BCUT2D eigenvalue weighted by molar-refractivity contribution is -0.138. The molecule has 6 nitrogen and oxygen atoms in total. The van der Waals surface area contributed by atoms with Crippen molar-refractivity contribution in [2.45, 2.75) is 33.2 Å². The number of nitriles is 1. The van der Waals surface area contributed by atoms with Crippen LogP contribution in [0.5, 0.6) is 0 Å². The van der Waals surface area contributed by atoms with Gasteiger partial charge in [-0.15, -0.1) is 0 Å². The van der Waals surface area contributed by atoms with Crippen LogP contribution < -0.4 is 10.6 Å². The van der Waals surface area contributed by atoms with Crippen LogP contribution in [0.25, 0.3) is 0 Å². The molecule has 0 radical (unpaired) electrons. The molecule has 0 aromatic carbocycles. The van der Waals surface area contributed by atoms with Crippen molar-refractivity contribution < 1.29 is 14.3 Å². The van der Waals surface area contributed by atoms with Gasteiger partial charge in [-0.2, -0.15) is 5.26 Å². The Hall–Kier alpha value is -2.03. The first kappa shape index (κ1) is 14.0. The van der Waals surface area contributed by atoms with Crippen LogP contribution in [0, 0.1) is 17.2 Å². The van der Waals surface area contributed by atoms with Crippen LogP contribution >= 0.6 is 0 Å². The van der Waals surface area contributed by atoms with E-state index in [2.05, 4.69) is 10.6 Å². The number of hydrogen-bond donors (Lipinski definition) is 2. The maximum absolute atomic E-state index is 11.7. The highest BCUT2D eigenvalue weighted by Gasteiger charge is 2.31. The van der Waals surface area contributed by atoms with Crippen LogP contribution in [0.15, 0.2) is 11.4 Å². The van der Waals surface area contributed by atoms with E-state index in [1.165, 1.54) is 0 Å². The van der Waals surface area contributed by atoms with Crippen molar-refractivity contribution in [1.82, 2.24) is 10.6 Å². The molecule has 0 aromatic rings. The van der Waals surface area contributed by atoms with Gasteiger partial charge < -0.3 is 15.4 Å². The van der Waals surface area contributed by atoms with Crippen molar-refractivity contribution in [3.63, 3.8) is 0 Å². The van der Waals surface area contributed by atoms with Gasteiger partial charge in [-0.3, -0.25) is 4.79 Å². The molecule has 0 bridgehead atoms. The first-order valence-electron chi connectivity index (χ1n) is 5.88. The van der Waals surface area contributed by atoms with Crippen molar-refractivity contribution in [1.29, 1.82) is 5.26 Å². The second-order valence-electron chi connectivity index (χ2n) is 4.40. The number of carbonyl (C=O) groups is 2. The number of esters is 1. The lowest BCUT2D eigenvalue weighted by atomic mass is 10.0. The zero-order valence-corrected chi connectivity index (χ0v) is 10.7. The number of nitrogens with one attached hydrogen (secondary N) is 2. The van der Waals surface area contributed by atoms with Crippen LogP contribution in [0.2, 0.25) is 0 Å². The molecular formula is C12H17N3O3. The van der Waals surface area contributed by atoms with Crippen LogP contribution in [0.4, 0.5) is 0 Å². The highest BCUT2D eigenvalue weighted by molar-refractivity contribution is 5.96. The fourth-order valence-electron chi connectivity index (χ4n) is 1.67. The van der Waals surface area contributed by atoms with Crippen molar-refractivity contribution >= 4 is 11.9 Å². The van der Waals surface area contributed by atoms with Crippen molar-refractivity contribution in [2.24, 2.45) is 5.92 Å². The average Bonchev–Trinajstić information content (AvgIpc) is 2.60. The molecule has 6 heteroatoms. The number of ether oxygens (including phenoxy) is 1. The normalized spacial score (nSPS) is 21.1. The third kappa shape index (κ3) is 3.23. The maximum atomic E-state index is 11.7. The molecule has 0 aromatic heterocycles. The van der Waals surface area contributed by atoms with Crippen LogP contribution in [0.1, 0.15) is 27.2 Å². The van der Waals surface area contributed by atoms with Gasteiger partial charge in [0.05, 0.1) is 6.61 Å². The summed E-state index contributed by atoms with van der Waals surface area (Å²) < 4.78 is 4.75. The molecular weight excluding hydrogens is 234 g/mol. The first-order valence-corrected chi connectivity index (χ1v) is 5.88. The second kappa shape index (κ2) is 6.05. The molecule has 2 N–H and O–H groups in total. The van der Waals surface area contributed by atoms with Crippen molar-refractivity contribution in [2.75, 3.05) is 6.61 Å². The quantitative estimate of drug-likeness (QED) is 0.429. The van der Waals surface area contributed by atoms with Crippen LogP contribution in [0.3, 0.4) is 0 Å². The summed E-state index contributed by atoms with van der Waals surface area (Å²) in [5.74, 6) is -0.476. The van der Waals surface area contributed by atoms with Gasteiger partial charge in [-0.05, 0) is 19.3 Å². The SMILES string of the molecule is CCOC(=O)/C(C#N)=C1/NC(=O)C(CC(C)C)N1. The summed E-state index contributed by atoms with van der Waals surface area (Å²) in [6.07, 6.45) is 0.636. The van der Waals surface area contributed by atoms with Crippen molar-refractivity contribution in [3.8, 4) is 6.07 Å². The van der Waals surface area contributed by atoms with E-state index in [0.29, 0.717) is 12.3 Å². The minimum atomic E-state index is -0.729. The summed E-state index contributed by atoms with van der Waals surface area (Å²) in [5.41, 5.74) is -0.198. The fourth-order valence-corrected chi connectivity index (χ4v) is 1.67. The Kier molecular flexibility index (Phi) is 4.72. The number of hydrogen-bond acceptors (Lipinski definition) is 5. The van der Waals surface area contributed by atoms with Gasteiger partial charge >= 0.3 is 5.97 Å². The summed E-state index contributed by atoms with van der Waals surface area (Å²) in [7, 11) is 0. The minimum absolute atomic E-state index is 0.145. The van der Waals surface area contributed by atoms with E-state index in [-0.39, 0.29) is 23.9 Å². The lowest BCUT2D eigenvalue weighted by Crippen LogP contribution is -2.29. The maximum Gasteiger partial charge on any atom is 0.352 e. The first-order chi connectivity index (χ1) is 8.49. The van der Waals surface area contributed by atoms with Gasteiger partial charge in [-0.1, -0.05) is 13.8 Å². The van der Waals surface area contributed by atoms with Crippen LogP contribution in [-0.2, 0) is 14.3 Å². The Morgan fingerprint density at radius 1 is 1.56 bits per heavy atom. The Morgan fingerprint density at radius 2 is 2.22 bits per heavy atom. The van der Waals surface area contributed by atoms with Gasteiger partial charge in [0.1, 0.15) is 17.9 Å². The summed E-state index contributed by atoms with van der Waals surface area (Å²) >= 11 is 0. The number of amides is 1. The van der Waals surface area contributed by atoms with Gasteiger partial charge in [0.2, 0.25) is 5.91 Å². The van der Waals surface area contributed by atoms with Gasteiger partial charge in [-0.25, -0.2) is 4.79 Å². The molecule has 0 saturated carbocycles. The topological polar surface area (TPSA) is 91.2 Å². The zero-order valence-electron chi connectivity index (χ0n) is 10.7. The largest absolute Gasteiger partial charge is 0.462 e. The Balaban J connectivity index is 2.87. The number of nitrogens with zero attached hydrogens (tertiary/aromatic N) is 1. The molecule has 1 aliphatic heterocycles. The minimum Gasteiger partial charge on any atom is -0.462 e. The third-order valence-electron chi connectivity index (χ3n) is 2.43. The molecule has 1 fully saturated rings. The summed E-state index contributed by atoms with van der Waals surface area (Å²) in [6.45, 7) is 5.82. The fraction of sp³-hybridized carbons (Fsp3) is 0.583. The van der Waals surface area contributed by atoms with Crippen molar-refractivity contribution in [3.05, 3.63) is 11.4 Å². The molecule has 1 amide bonds. The second-order valence-corrected chi connectivity index (χ2v) is 4.40. The molecule has 98 valence electrons. The zero-order chi connectivity index (χ0) is 13.7. The van der Waals surface area contributed by atoms with Crippen LogP contribution in [-0.4, -0.2) is 24.5 Å². The highest BCUT2D eigenvalue weighted by Crippen LogP contribution is 2.13. The van der Waals surface area contributed by atoms with E-state index < -0.39 is 12.0 Å². The molecule has 1 heterocycles. The highest BCUT2D eigenvalue weighted by atomic mass is 16.5. The average molecular weight is 251 g/mol. The monoisotopic (exact) mass is 251 g/mol. The molecule has 1 unspecified atom stereocenters. The summed E-state index contributed by atoms with van der Waals surface area (Å²) in [6, 6.07) is 1.35. The lowest BCUT2D eigenvalue weighted by Gasteiger charge is -2.10.